The van der Waals surface area contributed by atoms with Gasteiger partial charge in [0.2, 0.25) is 5.95 Å². The molecular weight excluding hydrogens is 741 g/mol. The third-order valence-electron chi connectivity index (χ3n) is 9.31. The van der Waals surface area contributed by atoms with Gasteiger partial charge in [-0.25, -0.2) is 24.2 Å². The molecule has 1 fully saturated rings. The van der Waals surface area contributed by atoms with E-state index in [4.69, 9.17) is 33.7 Å². The minimum Gasteiger partial charge on any atom is -0.459 e. The van der Waals surface area contributed by atoms with Crippen molar-refractivity contribution in [2.24, 2.45) is 0 Å². The Kier molecular flexibility index (Phi) is 12.0. The lowest BCUT2D eigenvalue weighted by Gasteiger charge is -2.44. The van der Waals surface area contributed by atoms with Crippen LogP contribution in [-0.4, -0.2) is 85.2 Å². The summed E-state index contributed by atoms with van der Waals surface area (Å²) in [4.78, 5) is 66.3. The van der Waals surface area contributed by atoms with Crippen molar-refractivity contribution in [2.45, 2.75) is 37.6 Å². The first-order chi connectivity index (χ1) is 28.1. The number of aromatic nitrogens is 2. The maximum Gasteiger partial charge on any atom is 0.338 e. The standard InChI is InChI=1S/C45H40N4O9/c1-28-24-25-34-33(26-28)39(49(2)3)47-45(46-34)48-40-38(58-44(53)32-22-14-7-15-23-32)37(57-43(52)31-20-12-6-13-21-31)36(56-42(51)30-18-10-5-11-19-30)35(55-40)27-54-41(50)29-16-8-4-9-17-29/h4-26,35-38,40H,27H2,1-3H3,(H,46,47,48)/t35-,36+,37+,38-,40-/m1/s1. The van der Waals surface area contributed by atoms with Crippen LogP contribution in [0.1, 0.15) is 47.0 Å². The maximum absolute atomic E-state index is 14.0. The van der Waals surface area contributed by atoms with E-state index < -0.39 is 61.1 Å². The number of nitrogens with zero attached hydrogens (tertiary/aromatic N) is 3. The van der Waals surface area contributed by atoms with Crippen molar-refractivity contribution in [3.8, 4) is 0 Å². The number of rotatable bonds is 12. The summed E-state index contributed by atoms with van der Waals surface area (Å²) in [7, 11) is 3.69. The normalized spacial score (nSPS) is 18.7. The maximum atomic E-state index is 14.0. The van der Waals surface area contributed by atoms with Crippen molar-refractivity contribution >= 4 is 46.5 Å². The van der Waals surface area contributed by atoms with Crippen LogP contribution < -0.4 is 10.2 Å². The number of fused-ring (bicyclic) bond motifs is 1. The van der Waals surface area contributed by atoms with E-state index in [2.05, 4.69) is 5.32 Å². The number of carbonyl (C=O) groups excluding carboxylic acids is 4. The molecule has 1 aliphatic rings. The van der Waals surface area contributed by atoms with Crippen LogP contribution in [0.5, 0.6) is 0 Å². The van der Waals surface area contributed by atoms with Gasteiger partial charge in [-0.2, -0.15) is 4.98 Å². The first kappa shape index (κ1) is 39.1. The highest BCUT2D eigenvalue weighted by atomic mass is 16.7. The number of anilines is 2. The molecule has 6 aromatic rings. The summed E-state index contributed by atoms with van der Waals surface area (Å²) < 4.78 is 30.9. The van der Waals surface area contributed by atoms with E-state index in [-0.39, 0.29) is 28.2 Å². The van der Waals surface area contributed by atoms with Gasteiger partial charge in [-0.3, -0.25) is 0 Å². The molecule has 0 unspecified atom stereocenters. The fraction of sp³-hybridized carbons (Fsp3) is 0.200. The molecule has 1 saturated heterocycles. The summed E-state index contributed by atoms with van der Waals surface area (Å²) in [5.41, 5.74) is 2.44. The van der Waals surface area contributed by atoms with Gasteiger partial charge in [-0.05, 0) is 67.6 Å². The highest BCUT2D eigenvalue weighted by molar-refractivity contribution is 5.92. The van der Waals surface area contributed by atoms with Gasteiger partial charge in [0.25, 0.3) is 0 Å². The predicted octanol–water partition coefficient (Wildman–Crippen LogP) is 6.67. The van der Waals surface area contributed by atoms with Crippen LogP contribution in [-0.2, 0) is 23.7 Å². The van der Waals surface area contributed by atoms with Gasteiger partial charge in [0.05, 0.1) is 27.8 Å². The first-order valence-electron chi connectivity index (χ1n) is 18.5. The fourth-order valence-corrected chi connectivity index (χ4v) is 6.44. The van der Waals surface area contributed by atoms with Gasteiger partial charge < -0.3 is 33.9 Å². The second kappa shape index (κ2) is 17.8. The van der Waals surface area contributed by atoms with Crippen molar-refractivity contribution < 1.29 is 42.9 Å². The van der Waals surface area contributed by atoms with Gasteiger partial charge in [-0.1, -0.05) is 84.4 Å². The van der Waals surface area contributed by atoms with Gasteiger partial charge in [0, 0.05) is 19.5 Å². The largest absolute Gasteiger partial charge is 0.459 e. The second-order valence-electron chi connectivity index (χ2n) is 13.7. The monoisotopic (exact) mass is 780 g/mol. The predicted molar refractivity (Wildman–Crippen MR) is 215 cm³/mol. The lowest BCUT2D eigenvalue weighted by atomic mass is 9.96. The van der Waals surface area contributed by atoms with Crippen molar-refractivity contribution in [1.82, 2.24) is 9.97 Å². The Labute approximate surface area is 334 Å². The number of nitrogens with one attached hydrogen (secondary N) is 1. The van der Waals surface area contributed by atoms with E-state index in [0.717, 1.165) is 10.9 Å². The third kappa shape index (κ3) is 9.11. The summed E-state index contributed by atoms with van der Waals surface area (Å²) in [6.07, 6.45) is -7.21. The number of hydrogen-bond acceptors (Lipinski definition) is 13. The molecule has 2 heterocycles. The summed E-state index contributed by atoms with van der Waals surface area (Å²) in [5.74, 6) is -2.40. The van der Waals surface area contributed by atoms with E-state index in [1.807, 2.05) is 44.1 Å². The van der Waals surface area contributed by atoms with Crippen LogP contribution >= 0.6 is 0 Å². The average molecular weight is 781 g/mol. The molecule has 0 radical (unpaired) electrons. The third-order valence-corrected chi connectivity index (χ3v) is 9.31. The number of hydrogen-bond donors (Lipinski definition) is 1. The molecule has 0 aliphatic carbocycles. The Bertz CT molecular complexity index is 2380. The molecule has 5 aromatic carbocycles. The number of esters is 4. The van der Waals surface area contributed by atoms with Crippen LogP contribution in [0.3, 0.4) is 0 Å². The topological polar surface area (TPSA) is 155 Å². The van der Waals surface area contributed by atoms with E-state index in [0.29, 0.717) is 11.3 Å². The van der Waals surface area contributed by atoms with Crippen LogP contribution in [0.2, 0.25) is 0 Å². The first-order valence-corrected chi connectivity index (χ1v) is 18.5. The van der Waals surface area contributed by atoms with E-state index >= 15 is 0 Å². The molecular formula is C45H40N4O9. The van der Waals surface area contributed by atoms with Gasteiger partial charge in [-0.15, -0.1) is 0 Å². The lowest BCUT2D eigenvalue weighted by molar-refractivity contribution is -0.222. The molecule has 13 heteroatoms. The summed E-state index contributed by atoms with van der Waals surface area (Å²) in [5, 5.41) is 3.96. The molecule has 0 bridgehead atoms. The number of aryl methyl sites for hydroxylation is 1. The molecule has 0 saturated carbocycles. The molecule has 0 spiro atoms. The zero-order valence-electron chi connectivity index (χ0n) is 31.9. The molecule has 0 amide bonds. The van der Waals surface area contributed by atoms with Crippen LogP contribution in [0.15, 0.2) is 140 Å². The van der Waals surface area contributed by atoms with Gasteiger partial charge in [0.1, 0.15) is 18.5 Å². The molecule has 294 valence electrons. The summed E-state index contributed by atoms with van der Waals surface area (Å²) in [6.45, 7) is 1.49. The Morgan fingerprint density at radius 3 is 1.57 bits per heavy atom. The van der Waals surface area contributed by atoms with Gasteiger partial charge >= 0.3 is 23.9 Å². The minimum absolute atomic E-state index is 0.0821. The Balaban J connectivity index is 1.34. The molecule has 1 aromatic heterocycles. The van der Waals surface area contributed by atoms with E-state index in [9.17, 15) is 19.2 Å². The van der Waals surface area contributed by atoms with Crippen molar-refractivity contribution in [2.75, 3.05) is 30.9 Å². The smallest absolute Gasteiger partial charge is 0.338 e. The number of benzene rings is 5. The summed E-state index contributed by atoms with van der Waals surface area (Å²) in [6, 6.07) is 38.6. The molecule has 13 nitrogen and oxygen atoms in total. The molecule has 1 aliphatic heterocycles. The second-order valence-corrected chi connectivity index (χ2v) is 13.7. The average Bonchev–Trinajstić information content (AvgIpc) is 3.25. The Hall–Kier alpha value is -7.12. The SMILES string of the molecule is Cc1ccc2nc(N[C@@H]3O[C@H](COC(=O)c4ccccc4)[C@H](OC(=O)c4ccccc4)[C@H](OC(=O)c4ccccc4)[C@H]3OC(=O)c3ccccc3)nc(N(C)C)c2c1. The highest BCUT2D eigenvalue weighted by Gasteiger charge is 2.53. The van der Waals surface area contributed by atoms with Crippen molar-refractivity contribution in [1.29, 1.82) is 0 Å². The zero-order valence-corrected chi connectivity index (χ0v) is 31.9. The van der Waals surface area contributed by atoms with Crippen molar-refractivity contribution in [3.05, 3.63) is 167 Å². The van der Waals surface area contributed by atoms with Crippen LogP contribution in [0.4, 0.5) is 11.8 Å². The molecule has 1 N–H and O–H groups in total. The lowest BCUT2D eigenvalue weighted by Crippen LogP contribution is -2.64. The molecule has 5 atom stereocenters. The Morgan fingerprint density at radius 2 is 1.07 bits per heavy atom. The van der Waals surface area contributed by atoms with Crippen LogP contribution in [0.25, 0.3) is 10.9 Å². The summed E-state index contributed by atoms with van der Waals surface area (Å²) >= 11 is 0. The number of carbonyl (C=O) groups is 4. The van der Waals surface area contributed by atoms with Gasteiger partial charge in [0.15, 0.2) is 24.5 Å². The fourth-order valence-electron chi connectivity index (χ4n) is 6.44. The van der Waals surface area contributed by atoms with E-state index in [1.54, 1.807) is 121 Å². The number of ether oxygens (including phenoxy) is 5. The molecule has 7 rings (SSSR count). The van der Waals surface area contributed by atoms with Crippen LogP contribution in [0, 0.1) is 6.92 Å². The quantitative estimate of drug-likeness (QED) is 0.104. The zero-order chi connectivity index (χ0) is 40.6. The molecule has 58 heavy (non-hydrogen) atoms. The van der Waals surface area contributed by atoms with Crippen molar-refractivity contribution in [3.63, 3.8) is 0 Å². The highest BCUT2D eigenvalue weighted by Crippen LogP contribution is 2.33. The van der Waals surface area contributed by atoms with E-state index in [1.165, 1.54) is 0 Å². The Morgan fingerprint density at radius 1 is 0.603 bits per heavy atom. The minimum atomic E-state index is -1.55.